The van der Waals surface area contributed by atoms with E-state index in [4.69, 9.17) is 17.3 Å². The van der Waals surface area contributed by atoms with E-state index in [1.54, 1.807) is 36.4 Å². The molecule has 5 heteroatoms. The number of sulfone groups is 1. The molecule has 110 valence electrons. The highest BCUT2D eigenvalue weighted by Crippen LogP contribution is 2.47. The molecule has 3 atom stereocenters. The van der Waals surface area contributed by atoms with Crippen molar-refractivity contribution in [2.24, 2.45) is 5.73 Å². The summed E-state index contributed by atoms with van der Waals surface area (Å²) >= 11 is 5.86. The van der Waals surface area contributed by atoms with Gasteiger partial charge in [-0.05, 0) is 36.8 Å². The summed E-state index contributed by atoms with van der Waals surface area (Å²) in [6.07, 6.45) is 0. The molecule has 2 N–H and O–H groups in total. The van der Waals surface area contributed by atoms with Gasteiger partial charge in [0.1, 0.15) is 0 Å². The zero-order valence-corrected chi connectivity index (χ0v) is 13.1. The molecular formula is C16H16ClNO2S. The minimum atomic E-state index is -3.40. The second-order valence-corrected chi connectivity index (χ2v) is 8.02. The smallest absolute Gasteiger partial charge is 0.183 e. The fraction of sp³-hybridized carbons (Fsp3) is 0.250. The fourth-order valence-electron chi connectivity index (χ4n) is 2.69. The molecule has 1 aliphatic carbocycles. The Hall–Kier alpha value is -1.36. The molecule has 2 aromatic carbocycles. The predicted molar refractivity (Wildman–Crippen MR) is 84.3 cm³/mol. The van der Waals surface area contributed by atoms with Crippen molar-refractivity contribution < 1.29 is 8.42 Å². The highest BCUT2D eigenvalue weighted by Gasteiger charge is 2.57. The number of rotatable bonds is 3. The van der Waals surface area contributed by atoms with Crippen LogP contribution in [0.3, 0.4) is 0 Å². The minimum absolute atomic E-state index is 0.159. The van der Waals surface area contributed by atoms with Crippen LogP contribution in [0.1, 0.15) is 17.0 Å². The fourth-order valence-corrected chi connectivity index (χ4v) is 4.86. The van der Waals surface area contributed by atoms with E-state index in [0.29, 0.717) is 9.92 Å². The molecule has 0 aromatic heterocycles. The molecule has 0 radical (unpaired) electrons. The highest BCUT2D eigenvalue weighted by atomic mass is 35.5. The quantitative estimate of drug-likeness (QED) is 0.945. The van der Waals surface area contributed by atoms with Crippen LogP contribution in [0.25, 0.3) is 0 Å². The summed E-state index contributed by atoms with van der Waals surface area (Å²) in [6, 6.07) is 13.8. The largest absolute Gasteiger partial charge is 0.326 e. The average molecular weight is 322 g/mol. The first-order valence-corrected chi connectivity index (χ1v) is 8.65. The van der Waals surface area contributed by atoms with Crippen molar-refractivity contribution in [1.82, 2.24) is 0 Å². The molecule has 1 fully saturated rings. The molecule has 21 heavy (non-hydrogen) atoms. The standard InChI is InChI=1S/C16H16ClNO2S/c1-10-2-8-13(9-3-10)21(19,20)16-14(15(16)18)11-4-6-12(17)7-5-11/h2-9,14-16H,18H2,1H3. The Labute approximate surface area is 129 Å². The third-order valence-corrected chi connectivity index (χ3v) is 6.48. The summed E-state index contributed by atoms with van der Waals surface area (Å²) < 4.78 is 25.3. The van der Waals surface area contributed by atoms with Crippen molar-refractivity contribution in [2.75, 3.05) is 0 Å². The number of hydrogen-bond acceptors (Lipinski definition) is 3. The molecule has 3 rings (SSSR count). The van der Waals surface area contributed by atoms with Gasteiger partial charge < -0.3 is 5.73 Å². The van der Waals surface area contributed by atoms with Gasteiger partial charge in [0.2, 0.25) is 0 Å². The normalized spacial score (nSPS) is 24.8. The minimum Gasteiger partial charge on any atom is -0.326 e. The summed E-state index contributed by atoms with van der Waals surface area (Å²) in [6.45, 7) is 1.93. The summed E-state index contributed by atoms with van der Waals surface area (Å²) in [5.41, 5.74) is 7.98. The summed E-state index contributed by atoms with van der Waals surface area (Å²) in [5, 5.41) is 0.0762. The topological polar surface area (TPSA) is 60.2 Å². The van der Waals surface area contributed by atoms with Crippen molar-refractivity contribution >= 4 is 21.4 Å². The third kappa shape index (κ3) is 2.59. The van der Waals surface area contributed by atoms with E-state index in [9.17, 15) is 8.42 Å². The molecule has 0 aliphatic heterocycles. The van der Waals surface area contributed by atoms with Crippen molar-refractivity contribution in [3.63, 3.8) is 0 Å². The number of hydrogen-bond donors (Lipinski definition) is 1. The molecule has 1 aliphatic rings. The zero-order valence-electron chi connectivity index (χ0n) is 11.5. The summed E-state index contributed by atoms with van der Waals surface area (Å²) in [5.74, 6) is -0.159. The van der Waals surface area contributed by atoms with Gasteiger partial charge in [-0.15, -0.1) is 0 Å². The monoisotopic (exact) mass is 321 g/mol. The lowest BCUT2D eigenvalue weighted by atomic mass is 10.1. The van der Waals surface area contributed by atoms with Crippen LogP contribution >= 0.6 is 11.6 Å². The zero-order chi connectivity index (χ0) is 15.2. The molecule has 2 aromatic rings. The van der Waals surface area contributed by atoms with Gasteiger partial charge in [0.15, 0.2) is 9.84 Å². The van der Waals surface area contributed by atoms with Crippen LogP contribution in [0.2, 0.25) is 5.02 Å². The second kappa shape index (κ2) is 5.13. The van der Waals surface area contributed by atoms with Crippen LogP contribution in [0, 0.1) is 6.92 Å². The van der Waals surface area contributed by atoms with Crippen LogP contribution in [-0.4, -0.2) is 19.7 Å². The molecule has 3 nitrogen and oxygen atoms in total. The van der Waals surface area contributed by atoms with E-state index in [1.807, 2.05) is 19.1 Å². The molecule has 0 amide bonds. The number of aryl methyl sites for hydroxylation is 1. The predicted octanol–water partition coefficient (Wildman–Crippen LogP) is 2.92. The van der Waals surface area contributed by atoms with Crippen molar-refractivity contribution in [3.05, 3.63) is 64.7 Å². The summed E-state index contributed by atoms with van der Waals surface area (Å²) in [7, 11) is -3.40. The first-order chi connectivity index (χ1) is 9.91. The van der Waals surface area contributed by atoms with Gasteiger partial charge in [0, 0.05) is 17.0 Å². The SMILES string of the molecule is Cc1ccc(S(=O)(=O)C2C(N)C2c2ccc(Cl)cc2)cc1. The van der Waals surface area contributed by atoms with E-state index in [-0.39, 0.29) is 12.0 Å². The van der Waals surface area contributed by atoms with Crippen LogP contribution in [0.5, 0.6) is 0 Å². The lowest BCUT2D eigenvalue weighted by Gasteiger charge is -2.04. The average Bonchev–Trinajstić information content (AvgIpc) is 3.12. The van der Waals surface area contributed by atoms with E-state index in [1.165, 1.54) is 0 Å². The Bertz CT molecular complexity index is 754. The maximum absolute atomic E-state index is 12.7. The van der Waals surface area contributed by atoms with Gasteiger partial charge >= 0.3 is 0 Å². The van der Waals surface area contributed by atoms with Crippen LogP contribution in [-0.2, 0) is 9.84 Å². The number of nitrogens with two attached hydrogens (primary N) is 1. The molecule has 3 unspecified atom stereocenters. The van der Waals surface area contributed by atoms with E-state index >= 15 is 0 Å². The van der Waals surface area contributed by atoms with Crippen LogP contribution in [0.4, 0.5) is 0 Å². The maximum Gasteiger partial charge on any atom is 0.183 e. The Morgan fingerprint density at radius 1 is 1.00 bits per heavy atom. The third-order valence-electron chi connectivity index (χ3n) is 3.97. The molecule has 0 bridgehead atoms. The van der Waals surface area contributed by atoms with Crippen molar-refractivity contribution in [3.8, 4) is 0 Å². The van der Waals surface area contributed by atoms with Crippen LogP contribution in [0.15, 0.2) is 53.4 Å². The van der Waals surface area contributed by atoms with Gasteiger partial charge in [-0.2, -0.15) is 0 Å². The van der Waals surface area contributed by atoms with E-state index in [2.05, 4.69) is 0 Å². The number of benzene rings is 2. The summed E-state index contributed by atoms with van der Waals surface area (Å²) in [4.78, 5) is 0.338. The Balaban J connectivity index is 1.91. The Morgan fingerprint density at radius 2 is 1.57 bits per heavy atom. The molecule has 0 spiro atoms. The molecular weight excluding hydrogens is 306 g/mol. The van der Waals surface area contributed by atoms with Gasteiger partial charge in [-0.25, -0.2) is 8.42 Å². The Kier molecular flexibility index (Phi) is 3.56. The first kappa shape index (κ1) is 14.6. The molecule has 1 saturated carbocycles. The first-order valence-electron chi connectivity index (χ1n) is 6.73. The second-order valence-electron chi connectivity index (χ2n) is 5.48. The van der Waals surface area contributed by atoms with Crippen LogP contribution < -0.4 is 5.73 Å². The van der Waals surface area contributed by atoms with Gasteiger partial charge in [-0.3, -0.25) is 0 Å². The van der Waals surface area contributed by atoms with E-state index < -0.39 is 15.1 Å². The molecule has 0 saturated heterocycles. The van der Waals surface area contributed by atoms with Gasteiger partial charge in [-0.1, -0.05) is 41.4 Å². The molecule has 0 heterocycles. The highest BCUT2D eigenvalue weighted by molar-refractivity contribution is 7.92. The van der Waals surface area contributed by atoms with Crippen molar-refractivity contribution in [2.45, 2.75) is 29.0 Å². The Morgan fingerprint density at radius 3 is 2.14 bits per heavy atom. The van der Waals surface area contributed by atoms with Gasteiger partial charge in [0.25, 0.3) is 0 Å². The lowest BCUT2D eigenvalue weighted by molar-refractivity contribution is 0.593. The number of halogens is 1. The lowest BCUT2D eigenvalue weighted by Crippen LogP contribution is -2.15. The van der Waals surface area contributed by atoms with E-state index in [0.717, 1.165) is 11.1 Å². The van der Waals surface area contributed by atoms with Gasteiger partial charge in [0.05, 0.1) is 10.1 Å². The maximum atomic E-state index is 12.7. The van der Waals surface area contributed by atoms with Crippen molar-refractivity contribution in [1.29, 1.82) is 0 Å².